The third-order valence-corrected chi connectivity index (χ3v) is 4.68. The molecule has 1 atom stereocenters. The molecule has 0 bridgehead atoms. The SMILES string of the molecule is COc1ccc(S[C@H](C)C(=O)NCc2cccc(C)c2)cc1OC. The average Bonchev–Trinajstić information content (AvgIpc) is 2.59. The van der Waals surface area contributed by atoms with Crippen molar-refractivity contribution in [1.29, 1.82) is 0 Å². The van der Waals surface area contributed by atoms with Crippen LogP contribution in [0.1, 0.15) is 18.1 Å². The first kappa shape index (κ1) is 18.2. The van der Waals surface area contributed by atoms with E-state index in [2.05, 4.69) is 11.4 Å². The van der Waals surface area contributed by atoms with Gasteiger partial charge in [-0.3, -0.25) is 4.79 Å². The van der Waals surface area contributed by atoms with Crippen molar-refractivity contribution in [3.63, 3.8) is 0 Å². The summed E-state index contributed by atoms with van der Waals surface area (Å²) in [5, 5.41) is 2.78. The Morgan fingerprint density at radius 3 is 2.54 bits per heavy atom. The summed E-state index contributed by atoms with van der Waals surface area (Å²) in [6, 6.07) is 13.8. The van der Waals surface area contributed by atoms with E-state index >= 15 is 0 Å². The third-order valence-electron chi connectivity index (χ3n) is 3.59. The van der Waals surface area contributed by atoms with Gasteiger partial charge in [0.15, 0.2) is 11.5 Å². The van der Waals surface area contributed by atoms with E-state index < -0.39 is 0 Å². The first-order chi connectivity index (χ1) is 11.5. The molecule has 0 heterocycles. The molecule has 2 aromatic carbocycles. The Hall–Kier alpha value is -2.14. The van der Waals surface area contributed by atoms with Gasteiger partial charge in [-0.1, -0.05) is 29.8 Å². The number of aryl methyl sites for hydroxylation is 1. The van der Waals surface area contributed by atoms with Crippen molar-refractivity contribution in [2.24, 2.45) is 0 Å². The van der Waals surface area contributed by atoms with E-state index in [0.717, 1.165) is 10.5 Å². The van der Waals surface area contributed by atoms with Crippen molar-refractivity contribution in [2.45, 2.75) is 30.5 Å². The van der Waals surface area contributed by atoms with E-state index in [-0.39, 0.29) is 11.2 Å². The lowest BCUT2D eigenvalue weighted by Crippen LogP contribution is -2.30. The normalized spacial score (nSPS) is 11.7. The number of carbonyl (C=O) groups is 1. The maximum Gasteiger partial charge on any atom is 0.233 e. The highest BCUT2D eigenvalue weighted by Crippen LogP contribution is 2.33. The van der Waals surface area contributed by atoms with Gasteiger partial charge < -0.3 is 14.8 Å². The number of carbonyl (C=O) groups excluding carboxylic acids is 1. The van der Waals surface area contributed by atoms with Gasteiger partial charge in [-0.15, -0.1) is 11.8 Å². The molecule has 0 unspecified atom stereocenters. The molecule has 0 saturated carbocycles. The summed E-state index contributed by atoms with van der Waals surface area (Å²) in [6.45, 7) is 4.48. The number of thioether (sulfide) groups is 1. The standard InChI is InChI=1S/C19H23NO3S/c1-13-6-5-7-15(10-13)12-20-19(21)14(2)24-16-8-9-17(22-3)18(11-16)23-4/h5-11,14H,12H2,1-4H3,(H,20,21)/t14-/m1/s1. The second kappa shape index (κ2) is 8.64. The first-order valence-electron chi connectivity index (χ1n) is 7.75. The number of hydrogen-bond donors (Lipinski definition) is 1. The topological polar surface area (TPSA) is 47.6 Å². The van der Waals surface area contributed by atoms with Crippen molar-refractivity contribution in [3.05, 3.63) is 53.6 Å². The van der Waals surface area contributed by atoms with E-state index in [1.807, 2.05) is 50.2 Å². The van der Waals surface area contributed by atoms with Gasteiger partial charge in [-0.2, -0.15) is 0 Å². The lowest BCUT2D eigenvalue weighted by atomic mass is 10.1. The number of amides is 1. The van der Waals surface area contributed by atoms with E-state index in [0.29, 0.717) is 18.0 Å². The quantitative estimate of drug-likeness (QED) is 0.775. The number of benzene rings is 2. The molecular weight excluding hydrogens is 322 g/mol. The Labute approximate surface area is 147 Å². The molecule has 5 heteroatoms. The van der Waals surface area contributed by atoms with Crippen LogP contribution in [0.5, 0.6) is 11.5 Å². The summed E-state index contributed by atoms with van der Waals surface area (Å²) in [6.07, 6.45) is 0. The van der Waals surface area contributed by atoms with Gasteiger partial charge in [0, 0.05) is 11.4 Å². The van der Waals surface area contributed by atoms with Gasteiger partial charge in [0.1, 0.15) is 0 Å². The summed E-state index contributed by atoms with van der Waals surface area (Å²) < 4.78 is 10.5. The Balaban J connectivity index is 1.93. The summed E-state index contributed by atoms with van der Waals surface area (Å²) in [5.74, 6) is 1.35. The van der Waals surface area contributed by atoms with E-state index in [1.54, 1.807) is 14.2 Å². The predicted molar refractivity (Wildman–Crippen MR) is 97.9 cm³/mol. The summed E-state index contributed by atoms with van der Waals surface area (Å²) >= 11 is 1.49. The minimum Gasteiger partial charge on any atom is -0.493 e. The Morgan fingerprint density at radius 1 is 1.12 bits per heavy atom. The smallest absolute Gasteiger partial charge is 0.233 e. The molecule has 2 aromatic rings. The fourth-order valence-electron chi connectivity index (χ4n) is 2.30. The van der Waals surface area contributed by atoms with Crippen LogP contribution in [-0.2, 0) is 11.3 Å². The second-order valence-corrected chi connectivity index (χ2v) is 6.90. The number of methoxy groups -OCH3 is 2. The zero-order chi connectivity index (χ0) is 17.5. The van der Waals surface area contributed by atoms with Crippen LogP contribution in [0, 0.1) is 6.92 Å². The first-order valence-corrected chi connectivity index (χ1v) is 8.63. The monoisotopic (exact) mass is 345 g/mol. The molecule has 0 aliphatic rings. The van der Waals surface area contributed by atoms with Gasteiger partial charge in [0.05, 0.1) is 19.5 Å². The van der Waals surface area contributed by atoms with Crippen LogP contribution in [0.2, 0.25) is 0 Å². The Kier molecular flexibility index (Phi) is 6.55. The fourth-order valence-corrected chi connectivity index (χ4v) is 3.22. The Bertz CT molecular complexity index is 703. The highest BCUT2D eigenvalue weighted by atomic mass is 32.2. The minimum atomic E-state index is -0.201. The largest absolute Gasteiger partial charge is 0.493 e. The van der Waals surface area contributed by atoms with E-state index in [1.165, 1.54) is 17.3 Å². The molecule has 24 heavy (non-hydrogen) atoms. The molecule has 0 aliphatic carbocycles. The van der Waals surface area contributed by atoms with Gasteiger partial charge in [-0.05, 0) is 37.6 Å². The maximum absolute atomic E-state index is 12.3. The molecule has 1 amide bonds. The van der Waals surface area contributed by atoms with Crippen LogP contribution in [0.15, 0.2) is 47.4 Å². The molecule has 0 aliphatic heterocycles. The van der Waals surface area contributed by atoms with Gasteiger partial charge >= 0.3 is 0 Å². The maximum atomic E-state index is 12.3. The molecule has 2 rings (SSSR count). The van der Waals surface area contributed by atoms with Crippen LogP contribution in [0.25, 0.3) is 0 Å². The van der Waals surface area contributed by atoms with Crippen LogP contribution in [-0.4, -0.2) is 25.4 Å². The highest BCUT2D eigenvalue weighted by Gasteiger charge is 2.15. The average molecular weight is 345 g/mol. The van der Waals surface area contributed by atoms with Gasteiger partial charge in [0.2, 0.25) is 5.91 Å². The second-order valence-electron chi connectivity index (χ2n) is 5.48. The predicted octanol–water partition coefficient (Wildman–Crippen LogP) is 3.81. The summed E-state index contributed by atoms with van der Waals surface area (Å²) in [5.41, 5.74) is 2.29. The van der Waals surface area contributed by atoms with Crippen molar-refractivity contribution >= 4 is 17.7 Å². The van der Waals surface area contributed by atoms with E-state index in [9.17, 15) is 4.79 Å². The van der Waals surface area contributed by atoms with Crippen molar-refractivity contribution in [1.82, 2.24) is 5.32 Å². The van der Waals surface area contributed by atoms with Crippen LogP contribution in [0.4, 0.5) is 0 Å². The molecule has 4 nitrogen and oxygen atoms in total. The van der Waals surface area contributed by atoms with Crippen LogP contribution >= 0.6 is 11.8 Å². The van der Waals surface area contributed by atoms with Gasteiger partial charge in [0.25, 0.3) is 0 Å². The number of ether oxygens (including phenoxy) is 2. The summed E-state index contributed by atoms with van der Waals surface area (Å²) in [4.78, 5) is 13.3. The molecule has 1 N–H and O–H groups in total. The molecule has 0 radical (unpaired) electrons. The van der Waals surface area contributed by atoms with Crippen molar-refractivity contribution in [2.75, 3.05) is 14.2 Å². The van der Waals surface area contributed by atoms with Gasteiger partial charge in [-0.25, -0.2) is 0 Å². The number of hydrogen-bond acceptors (Lipinski definition) is 4. The van der Waals surface area contributed by atoms with Crippen molar-refractivity contribution in [3.8, 4) is 11.5 Å². The van der Waals surface area contributed by atoms with Crippen molar-refractivity contribution < 1.29 is 14.3 Å². The third kappa shape index (κ3) is 4.93. The molecule has 0 spiro atoms. The lowest BCUT2D eigenvalue weighted by molar-refractivity contribution is -0.120. The zero-order valence-corrected chi connectivity index (χ0v) is 15.3. The highest BCUT2D eigenvalue weighted by molar-refractivity contribution is 8.00. The zero-order valence-electron chi connectivity index (χ0n) is 14.5. The molecule has 0 aromatic heterocycles. The van der Waals surface area contributed by atoms with Crippen LogP contribution in [0.3, 0.4) is 0 Å². The lowest BCUT2D eigenvalue weighted by Gasteiger charge is -2.14. The summed E-state index contributed by atoms with van der Waals surface area (Å²) in [7, 11) is 3.20. The Morgan fingerprint density at radius 2 is 1.88 bits per heavy atom. The number of rotatable bonds is 7. The fraction of sp³-hybridized carbons (Fsp3) is 0.316. The molecular formula is C19H23NO3S. The molecule has 0 saturated heterocycles. The van der Waals surface area contributed by atoms with E-state index in [4.69, 9.17) is 9.47 Å². The number of nitrogens with one attached hydrogen (secondary N) is 1. The molecule has 128 valence electrons. The molecule has 0 fully saturated rings. The minimum absolute atomic E-state index is 0.0105. The van der Waals surface area contributed by atoms with Crippen LogP contribution < -0.4 is 14.8 Å².